The van der Waals surface area contributed by atoms with Gasteiger partial charge >= 0.3 is 0 Å². The Morgan fingerprint density at radius 2 is 1.93 bits per heavy atom. The van der Waals surface area contributed by atoms with E-state index >= 15 is 0 Å². The van der Waals surface area contributed by atoms with Gasteiger partial charge in [-0.2, -0.15) is 0 Å². The minimum Gasteiger partial charge on any atom is -0.379 e. The van der Waals surface area contributed by atoms with E-state index in [4.69, 9.17) is 4.74 Å². The third-order valence-corrected chi connectivity index (χ3v) is 5.23. The fraction of sp³-hybridized carbons (Fsp3) is 0.364. The van der Waals surface area contributed by atoms with Crippen LogP contribution in [0.4, 0.5) is 5.69 Å². The number of halogens is 1. The van der Waals surface area contributed by atoms with E-state index in [1.165, 1.54) is 5.56 Å². The Labute approximate surface area is 180 Å². The third-order valence-electron chi connectivity index (χ3n) is 4.73. The Morgan fingerprint density at radius 1 is 1.17 bits per heavy atom. The highest BCUT2D eigenvalue weighted by atomic mass is 79.9. The highest BCUT2D eigenvalue weighted by Gasteiger charge is 2.12. The number of nitrogens with one attached hydrogen (secondary N) is 2. The molecule has 0 unspecified atom stereocenters. The first-order valence-corrected chi connectivity index (χ1v) is 10.7. The molecule has 2 aromatic carbocycles. The summed E-state index contributed by atoms with van der Waals surface area (Å²) in [6.07, 6.45) is 0.945. The lowest BCUT2D eigenvalue weighted by atomic mass is 10.1. The Hall–Kier alpha value is -2.22. The van der Waals surface area contributed by atoms with E-state index < -0.39 is 0 Å². The average Bonchev–Trinajstić information content (AvgIpc) is 2.74. The number of morpholine rings is 1. The summed E-state index contributed by atoms with van der Waals surface area (Å²) in [5.41, 5.74) is 2.67. The molecule has 0 bridgehead atoms. The maximum absolute atomic E-state index is 12.7. The van der Waals surface area contributed by atoms with E-state index in [1.807, 2.05) is 48.5 Å². The smallest absolute Gasteiger partial charge is 0.257 e. The lowest BCUT2D eigenvalue weighted by Crippen LogP contribution is -2.39. The van der Waals surface area contributed by atoms with Crippen LogP contribution in [-0.2, 0) is 11.2 Å². The van der Waals surface area contributed by atoms with Gasteiger partial charge in [-0.05, 0) is 42.3 Å². The number of rotatable bonds is 6. The quantitative estimate of drug-likeness (QED) is 0.513. The average molecular weight is 459 g/mol. The second-order valence-electron chi connectivity index (χ2n) is 6.82. The molecule has 2 aromatic rings. The first kappa shape index (κ1) is 21.5. The van der Waals surface area contributed by atoms with E-state index in [9.17, 15) is 4.79 Å². The van der Waals surface area contributed by atoms with Crippen LogP contribution < -0.4 is 10.6 Å². The summed E-state index contributed by atoms with van der Waals surface area (Å²) >= 11 is 3.47. The molecule has 0 atom stereocenters. The van der Waals surface area contributed by atoms with Gasteiger partial charge in [0, 0.05) is 35.4 Å². The molecule has 1 amide bonds. The number of aryl methyl sites for hydroxylation is 1. The van der Waals surface area contributed by atoms with Crippen molar-refractivity contribution in [3.8, 4) is 0 Å². The van der Waals surface area contributed by atoms with Crippen LogP contribution in [0.5, 0.6) is 0 Å². The van der Waals surface area contributed by atoms with Gasteiger partial charge in [-0.15, -0.1) is 0 Å². The maximum atomic E-state index is 12.7. The molecule has 1 aliphatic heterocycles. The number of nitrogens with zero attached hydrogens (tertiary/aromatic N) is 2. The first-order valence-electron chi connectivity index (χ1n) is 9.91. The lowest BCUT2D eigenvalue weighted by molar-refractivity contribution is 0.0394. The van der Waals surface area contributed by atoms with Crippen LogP contribution in [0.2, 0.25) is 0 Å². The van der Waals surface area contributed by atoms with Crippen LogP contribution in [0.25, 0.3) is 0 Å². The van der Waals surface area contributed by atoms with Crippen molar-refractivity contribution in [1.82, 2.24) is 10.2 Å². The fourth-order valence-corrected chi connectivity index (χ4v) is 3.41. The molecule has 2 N–H and O–H groups in total. The topological polar surface area (TPSA) is 66.0 Å². The van der Waals surface area contributed by atoms with Crippen LogP contribution in [-0.4, -0.2) is 56.2 Å². The number of carbonyl (C=O) groups excluding carboxylic acids is 1. The molecule has 1 aliphatic rings. The van der Waals surface area contributed by atoms with Gasteiger partial charge in [-0.3, -0.25) is 20.0 Å². The number of benzene rings is 2. The van der Waals surface area contributed by atoms with Gasteiger partial charge in [0.2, 0.25) is 5.96 Å². The molecule has 1 fully saturated rings. The molecule has 0 aromatic heterocycles. The standard InChI is InChI=1S/C22H27BrN4O2/c1-2-17-6-8-18(9-7-17)21(28)26-22(25-20-5-3-4-19(23)16-20)24-10-11-27-12-14-29-15-13-27/h3-9,16H,2,10-15H2,1H3,(H2,24,25,26,28). The predicted octanol–water partition coefficient (Wildman–Crippen LogP) is 3.54. The van der Waals surface area contributed by atoms with Crippen LogP contribution >= 0.6 is 15.9 Å². The summed E-state index contributed by atoms with van der Waals surface area (Å²) in [7, 11) is 0. The normalized spacial score (nSPS) is 15.2. The van der Waals surface area contributed by atoms with Gasteiger partial charge in [0.1, 0.15) is 0 Å². The fourth-order valence-electron chi connectivity index (χ4n) is 3.01. The minimum atomic E-state index is -0.180. The summed E-state index contributed by atoms with van der Waals surface area (Å²) in [6.45, 7) is 6.87. The summed E-state index contributed by atoms with van der Waals surface area (Å²) in [4.78, 5) is 19.6. The molecule has 0 radical (unpaired) electrons. The molecule has 29 heavy (non-hydrogen) atoms. The zero-order valence-electron chi connectivity index (χ0n) is 16.7. The maximum Gasteiger partial charge on any atom is 0.257 e. The molecular formula is C22H27BrN4O2. The van der Waals surface area contributed by atoms with Crippen molar-refractivity contribution in [3.63, 3.8) is 0 Å². The number of anilines is 1. The Balaban J connectivity index is 1.68. The second-order valence-corrected chi connectivity index (χ2v) is 7.74. The molecule has 0 aliphatic carbocycles. The first-order chi connectivity index (χ1) is 14.1. The van der Waals surface area contributed by atoms with Gasteiger partial charge in [0.15, 0.2) is 0 Å². The summed E-state index contributed by atoms with van der Waals surface area (Å²) in [5, 5.41) is 6.14. The molecule has 0 spiro atoms. The number of amides is 1. The molecule has 3 rings (SSSR count). The monoisotopic (exact) mass is 458 g/mol. The minimum absolute atomic E-state index is 0.180. The van der Waals surface area contributed by atoms with Gasteiger partial charge in [-0.25, -0.2) is 0 Å². The van der Waals surface area contributed by atoms with Crippen LogP contribution in [0.15, 0.2) is 58.0 Å². The van der Waals surface area contributed by atoms with E-state index in [0.717, 1.165) is 49.4 Å². The van der Waals surface area contributed by atoms with Crippen LogP contribution in [0.1, 0.15) is 22.8 Å². The third kappa shape index (κ3) is 6.96. The number of hydrogen-bond acceptors (Lipinski definition) is 4. The van der Waals surface area contributed by atoms with Crippen molar-refractivity contribution in [2.75, 3.05) is 44.7 Å². The molecule has 0 saturated carbocycles. The van der Waals surface area contributed by atoms with Gasteiger partial charge in [0.25, 0.3) is 5.91 Å². The Morgan fingerprint density at radius 3 is 2.62 bits per heavy atom. The van der Waals surface area contributed by atoms with Crippen molar-refractivity contribution < 1.29 is 9.53 Å². The van der Waals surface area contributed by atoms with Gasteiger partial charge in [0.05, 0.1) is 19.8 Å². The molecule has 7 heteroatoms. The Kier molecular flexibility index (Phi) is 8.22. The summed E-state index contributed by atoms with van der Waals surface area (Å²) in [5.74, 6) is 0.265. The predicted molar refractivity (Wildman–Crippen MR) is 121 cm³/mol. The molecular weight excluding hydrogens is 432 g/mol. The van der Waals surface area contributed by atoms with Crippen molar-refractivity contribution in [1.29, 1.82) is 0 Å². The zero-order chi connectivity index (χ0) is 20.5. The van der Waals surface area contributed by atoms with Crippen LogP contribution in [0, 0.1) is 0 Å². The Bertz CT molecular complexity index is 833. The van der Waals surface area contributed by atoms with Crippen molar-refractivity contribution in [3.05, 3.63) is 64.1 Å². The molecule has 1 heterocycles. The van der Waals surface area contributed by atoms with Crippen LogP contribution in [0.3, 0.4) is 0 Å². The number of guanidine groups is 1. The second kappa shape index (κ2) is 11.1. The van der Waals surface area contributed by atoms with Gasteiger partial charge < -0.3 is 10.1 Å². The summed E-state index contributed by atoms with van der Waals surface area (Å²) in [6, 6.07) is 15.4. The number of ether oxygens (including phenoxy) is 1. The van der Waals surface area contributed by atoms with E-state index in [1.54, 1.807) is 0 Å². The summed E-state index contributed by atoms with van der Waals surface area (Å²) < 4.78 is 6.34. The zero-order valence-corrected chi connectivity index (χ0v) is 18.2. The highest BCUT2D eigenvalue weighted by molar-refractivity contribution is 9.10. The van der Waals surface area contributed by atoms with Crippen molar-refractivity contribution >= 4 is 33.5 Å². The number of hydrogen-bond donors (Lipinski definition) is 2. The SMILES string of the molecule is CCc1ccc(C(=O)NC(=NCCN2CCOCC2)Nc2cccc(Br)c2)cc1. The van der Waals surface area contributed by atoms with Crippen molar-refractivity contribution in [2.45, 2.75) is 13.3 Å². The molecule has 6 nitrogen and oxygen atoms in total. The highest BCUT2D eigenvalue weighted by Crippen LogP contribution is 2.15. The molecule has 154 valence electrons. The number of aliphatic imine (C=N–C) groups is 1. The van der Waals surface area contributed by atoms with E-state index in [2.05, 4.69) is 43.4 Å². The number of carbonyl (C=O) groups is 1. The van der Waals surface area contributed by atoms with Crippen molar-refractivity contribution in [2.24, 2.45) is 4.99 Å². The molecule has 1 saturated heterocycles. The van der Waals surface area contributed by atoms with E-state index in [-0.39, 0.29) is 5.91 Å². The van der Waals surface area contributed by atoms with E-state index in [0.29, 0.717) is 18.1 Å². The largest absolute Gasteiger partial charge is 0.379 e. The van der Waals surface area contributed by atoms with Gasteiger partial charge in [-0.1, -0.05) is 41.1 Å². The lowest BCUT2D eigenvalue weighted by Gasteiger charge is -2.25.